The molecule has 1 aromatic heterocycles. The van der Waals surface area contributed by atoms with E-state index in [-0.39, 0.29) is 5.91 Å². The monoisotopic (exact) mass is 265 g/mol. The molecule has 0 aromatic carbocycles. The van der Waals surface area contributed by atoms with Crippen molar-refractivity contribution in [1.82, 2.24) is 14.5 Å². The average molecular weight is 265 g/mol. The van der Waals surface area contributed by atoms with E-state index in [4.69, 9.17) is 4.74 Å². The first-order valence-electron chi connectivity index (χ1n) is 7.07. The molecular formula is C14H23N3O2. The fourth-order valence-corrected chi connectivity index (χ4v) is 2.36. The van der Waals surface area contributed by atoms with Gasteiger partial charge in [0.15, 0.2) is 0 Å². The normalized spacial score (nSPS) is 18.7. The fraction of sp³-hybridized carbons (Fsp3) is 0.714. The number of imidazole rings is 1. The molecule has 19 heavy (non-hydrogen) atoms. The third kappa shape index (κ3) is 4.67. The predicted molar refractivity (Wildman–Crippen MR) is 72.7 cm³/mol. The lowest BCUT2D eigenvalue weighted by molar-refractivity contribution is -0.130. The van der Waals surface area contributed by atoms with Crippen LogP contribution in [0.1, 0.15) is 32.1 Å². The van der Waals surface area contributed by atoms with Gasteiger partial charge in [-0.2, -0.15) is 0 Å². The molecule has 1 aromatic rings. The molecule has 1 fully saturated rings. The maximum atomic E-state index is 11.9. The highest BCUT2D eigenvalue weighted by Gasteiger charge is 2.17. The van der Waals surface area contributed by atoms with Crippen LogP contribution in [0.3, 0.4) is 0 Å². The lowest BCUT2D eigenvalue weighted by Gasteiger charge is -2.19. The Balaban J connectivity index is 1.58. The molecule has 0 bridgehead atoms. The van der Waals surface area contributed by atoms with E-state index in [0.29, 0.717) is 12.5 Å². The highest BCUT2D eigenvalue weighted by atomic mass is 16.5. The molecule has 1 atom stereocenters. The standard InChI is InChI=1S/C14H23N3O2/c1-16(9-6-13-4-3-11-19-13)14(18)5-2-8-17-10-7-15-12-17/h7,10,12-13H,2-6,8-9,11H2,1H3/t13-/m1/s1. The number of rotatable bonds is 7. The highest BCUT2D eigenvalue weighted by Crippen LogP contribution is 2.15. The van der Waals surface area contributed by atoms with E-state index in [1.807, 2.05) is 22.7 Å². The van der Waals surface area contributed by atoms with E-state index < -0.39 is 0 Å². The number of ether oxygens (including phenoxy) is 1. The van der Waals surface area contributed by atoms with Gasteiger partial charge in [-0.25, -0.2) is 4.98 Å². The minimum Gasteiger partial charge on any atom is -0.378 e. The zero-order valence-electron chi connectivity index (χ0n) is 11.6. The van der Waals surface area contributed by atoms with Gasteiger partial charge in [0.25, 0.3) is 0 Å². The minimum atomic E-state index is 0.220. The minimum absolute atomic E-state index is 0.220. The summed E-state index contributed by atoms with van der Waals surface area (Å²) in [6.07, 6.45) is 10.5. The first kappa shape index (κ1) is 14.1. The Morgan fingerprint density at radius 2 is 2.47 bits per heavy atom. The maximum Gasteiger partial charge on any atom is 0.222 e. The summed E-state index contributed by atoms with van der Waals surface area (Å²) in [6.45, 7) is 2.53. The van der Waals surface area contributed by atoms with Crippen molar-refractivity contribution in [3.63, 3.8) is 0 Å². The Kier molecular flexibility index (Phi) is 5.39. The molecule has 5 heteroatoms. The van der Waals surface area contributed by atoms with Crippen LogP contribution in [0.15, 0.2) is 18.7 Å². The van der Waals surface area contributed by atoms with Crippen molar-refractivity contribution in [3.05, 3.63) is 18.7 Å². The molecule has 1 aliphatic heterocycles. The van der Waals surface area contributed by atoms with Crippen LogP contribution < -0.4 is 0 Å². The van der Waals surface area contributed by atoms with E-state index in [1.165, 1.54) is 0 Å². The topological polar surface area (TPSA) is 47.4 Å². The van der Waals surface area contributed by atoms with Crippen molar-refractivity contribution in [2.75, 3.05) is 20.2 Å². The Labute approximate surface area is 114 Å². The van der Waals surface area contributed by atoms with Crippen LogP contribution in [0.25, 0.3) is 0 Å². The maximum absolute atomic E-state index is 11.9. The van der Waals surface area contributed by atoms with Crippen molar-refractivity contribution in [3.8, 4) is 0 Å². The second-order valence-electron chi connectivity index (χ2n) is 5.14. The number of nitrogens with zero attached hydrogens (tertiary/aromatic N) is 3. The summed E-state index contributed by atoms with van der Waals surface area (Å²) in [6, 6.07) is 0. The number of carbonyl (C=O) groups is 1. The Morgan fingerprint density at radius 3 is 3.16 bits per heavy atom. The second-order valence-corrected chi connectivity index (χ2v) is 5.14. The van der Waals surface area contributed by atoms with Crippen LogP contribution in [0.4, 0.5) is 0 Å². The molecule has 2 rings (SSSR count). The first-order valence-corrected chi connectivity index (χ1v) is 7.07. The van der Waals surface area contributed by atoms with Gasteiger partial charge in [-0.1, -0.05) is 0 Å². The van der Waals surface area contributed by atoms with E-state index in [1.54, 1.807) is 12.5 Å². The van der Waals surface area contributed by atoms with Crippen LogP contribution in [0.2, 0.25) is 0 Å². The van der Waals surface area contributed by atoms with Crippen LogP contribution in [0, 0.1) is 0 Å². The SMILES string of the molecule is CN(CC[C@H]1CCCO1)C(=O)CCCn1ccnc1. The van der Waals surface area contributed by atoms with Gasteiger partial charge in [0.1, 0.15) is 0 Å². The Morgan fingerprint density at radius 1 is 1.58 bits per heavy atom. The smallest absolute Gasteiger partial charge is 0.222 e. The third-order valence-corrected chi connectivity index (χ3v) is 3.60. The van der Waals surface area contributed by atoms with Gasteiger partial charge < -0.3 is 14.2 Å². The summed E-state index contributed by atoms with van der Waals surface area (Å²) < 4.78 is 7.56. The zero-order chi connectivity index (χ0) is 13.5. The van der Waals surface area contributed by atoms with Gasteiger partial charge in [-0.3, -0.25) is 4.79 Å². The quantitative estimate of drug-likeness (QED) is 0.753. The molecule has 106 valence electrons. The Bertz CT molecular complexity index is 372. The van der Waals surface area contributed by atoms with Crippen molar-refractivity contribution in [2.45, 2.75) is 44.8 Å². The van der Waals surface area contributed by atoms with Crippen molar-refractivity contribution >= 4 is 5.91 Å². The lowest BCUT2D eigenvalue weighted by atomic mass is 10.1. The third-order valence-electron chi connectivity index (χ3n) is 3.60. The van der Waals surface area contributed by atoms with Crippen molar-refractivity contribution in [1.29, 1.82) is 0 Å². The molecule has 0 N–H and O–H groups in total. The predicted octanol–water partition coefficient (Wildman–Crippen LogP) is 1.69. The highest BCUT2D eigenvalue weighted by molar-refractivity contribution is 5.75. The van der Waals surface area contributed by atoms with Gasteiger partial charge in [-0.15, -0.1) is 0 Å². The van der Waals surface area contributed by atoms with Crippen LogP contribution in [-0.4, -0.2) is 46.7 Å². The molecule has 0 saturated carbocycles. The van der Waals surface area contributed by atoms with Crippen molar-refractivity contribution < 1.29 is 9.53 Å². The van der Waals surface area contributed by atoms with Crippen molar-refractivity contribution in [2.24, 2.45) is 0 Å². The summed E-state index contributed by atoms with van der Waals surface area (Å²) in [7, 11) is 1.88. The summed E-state index contributed by atoms with van der Waals surface area (Å²) in [5, 5.41) is 0. The molecule has 1 saturated heterocycles. The van der Waals surface area contributed by atoms with Crippen LogP contribution >= 0.6 is 0 Å². The molecule has 0 spiro atoms. The number of amides is 1. The molecule has 1 amide bonds. The lowest BCUT2D eigenvalue weighted by Crippen LogP contribution is -2.29. The molecule has 1 aliphatic rings. The van der Waals surface area contributed by atoms with E-state index >= 15 is 0 Å². The van der Waals surface area contributed by atoms with Gasteiger partial charge >= 0.3 is 0 Å². The number of aromatic nitrogens is 2. The molecule has 0 aliphatic carbocycles. The van der Waals surface area contributed by atoms with Gasteiger partial charge in [-0.05, 0) is 25.7 Å². The summed E-state index contributed by atoms with van der Waals surface area (Å²) in [4.78, 5) is 17.7. The van der Waals surface area contributed by atoms with E-state index in [0.717, 1.165) is 45.4 Å². The van der Waals surface area contributed by atoms with E-state index in [9.17, 15) is 4.79 Å². The molecule has 5 nitrogen and oxygen atoms in total. The average Bonchev–Trinajstić information content (AvgIpc) is 3.08. The summed E-state index contributed by atoms with van der Waals surface area (Å²) >= 11 is 0. The number of carbonyl (C=O) groups excluding carboxylic acids is 1. The summed E-state index contributed by atoms with van der Waals surface area (Å²) in [5.74, 6) is 0.220. The first-order chi connectivity index (χ1) is 9.25. The van der Waals surface area contributed by atoms with Crippen LogP contribution in [-0.2, 0) is 16.1 Å². The summed E-state index contributed by atoms with van der Waals surface area (Å²) in [5.41, 5.74) is 0. The molecule has 2 heterocycles. The second kappa shape index (κ2) is 7.28. The fourth-order valence-electron chi connectivity index (χ4n) is 2.36. The molecular weight excluding hydrogens is 242 g/mol. The Hall–Kier alpha value is -1.36. The molecule has 0 unspecified atom stereocenters. The van der Waals surface area contributed by atoms with E-state index in [2.05, 4.69) is 4.98 Å². The zero-order valence-corrected chi connectivity index (χ0v) is 11.6. The van der Waals surface area contributed by atoms with Gasteiger partial charge in [0.05, 0.1) is 12.4 Å². The number of hydrogen-bond acceptors (Lipinski definition) is 3. The molecule has 0 radical (unpaired) electrons. The van der Waals surface area contributed by atoms with Gasteiger partial charge in [0, 0.05) is 45.6 Å². The number of hydrogen-bond donors (Lipinski definition) is 0. The van der Waals surface area contributed by atoms with Gasteiger partial charge in [0.2, 0.25) is 5.91 Å². The largest absolute Gasteiger partial charge is 0.378 e. The number of aryl methyl sites for hydroxylation is 1. The van der Waals surface area contributed by atoms with Crippen LogP contribution in [0.5, 0.6) is 0 Å².